The quantitative estimate of drug-likeness (QED) is 0.315. The molecule has 0 fully saturated rings. The molecule has 0 radical (unpaired) electrons. The minimum absolute atomic E-state index is 0.0915. The standard InChI is InChI=1S/C19H19N3O5/c1-11(17(25)12-2-4-13(5-3-12)18(20)21)22-19(26)14-6-8-15(9-7-14)27-10-16(23)24/h2-9,11H,10H2,1H3,(H3,20,21)(H,22,26)(H,23,24). The van der Waals surface area contributed by atoms with Crippen molar-refractivity contribution in [3.8, 4) is 5.75 Å². The smallest absolute Gasteiger partial charge is 0.341 e. The van der Waals surface area contributed by atoms with Gasteiger partial charge in [-0.1, -0.05) is 24.3 Å². The van der Waals surface area contributed by atoms with E-state index in [0.29, 0.717) is 22.4 Å². The van der Waals surface area contributed by atoms with Gasteiger partial charge in [-0.15, -0.1) is 0 Å². The van der Waals surface area contributed by atoms with E-state index in [1.807, 2.05) is 0 Å². The van der Waals surface area contributed by atoms with Crippen molar-refractivity contribution in [2.45, 2.75) is 13.0 Å². The molecule has 8 heteroatoms. The number of hydrogen-bond acceptors (Lipinski definition) is 5. The van der Waals surface area contributed by atoms with Crippen molar-refractivity contribution < 1.29 is 24.2 Å². The van der Waals surface area contributed by atoms with Crippen molar-refractivity contribution >= 4 is 23.5 Å². The first kappa shape index (κ1) is 19.6. The summed E-state index contributed by atoms with van der Waals surface area (Å²) in [6, 6.07) is 11.4. The number of rotatable bonds is 8. The van der Waals surface area contributed by atoms with Gasteiger partial charge in [0.05, 0.1) is 6.04 Å². The van der Waals surface area contributed by atoms with Crippen LogP contribution < -0.4 is 15.8 Å². The van der Waals surface area contributed by atoms with Crippen LogP contribution in [0, 0.1) is 5.41 Å². The Bertz CT molecular complexity index is 860. The molecule has 5 N–H and O–H groups in total. The molecule has 0 aliphatic rings. The summed E-state index contributed by atoms with van der Waals surface area (Å²) in [4.78, 5) is 35.2. The Kier molecular flexibility index (Phi) is 6.27. The number of carbonyl (C=O) groups excluding carboxylic acids is 2. The molecule has 0 saturated carbocycles. The molecule has 0 spiro atoms. The van der Waals surface area contributed by atoms with Gasteiger partial charge in [-0.3, -0.25) is 15.0 Å². The van der Waals surface area contributed by atoms with E-state index in [4.69, 9.17) is 21.0 Å². The summed E-state index contributed by atoms with van der Waals surface area (Å²) in [5, 5.41) is 18.5. The minimum Gasteiger partial charge on any atom is -0.482 e. The summed E-state index contributed by atoms with van der Waals surface area (Å²) in [5.41, 5.74) is 6.59. The van der Waals surface area contributed by atoms with Crippen LogP contribution in [-0.2, 0) is 4.79 Å². The fourth-order valence-electron chi connectivity index (χ4n) is 2.26. The number of nitrogens with one attached hydrogen (secondary N) is 2. The lowest BCUT2D eigenvalue weighted by Gasteiger charge is -2.13. The second-order valence-electron chi connectivity index (χ2n) is 5.76. The number of carboxylic acids is 1. The molecule has 2 aromatic carbocycles. The van der Waals surface area contributed by atoms with Gasteiger partial charge < -0.3 is 20.9 Å². The topological polar surface area (TPSA) is 143 Å². The molecule has 0 heterocycles. The monoisotopic (exact) mass is 369 g/mol. The van der Waals surface area contributed by atoms with Crippen LogP contribution in [0.25, 0.3) is 0 Å². The molecule has 1 atom stereocenters. The number of carboxylic acid groups (broad SMARTS) is 1. The van der Waals surface area contributed by atoms with Crippen molar-refractivity contribution in [1.29, 1.82) is 5.41 Å². The fourth-order valence-corrected chi connectivity index (χ4v) is 2.26. The third-order valence-corrected chi connectivity index (χ3v) is 3.70. The summed E-state index contributed by atoms with van der Waals surface area (Å²) in [6.45, 7) is 1.10. The van der Waals surface area contributed by atoms with Crippen LogP contribution in [0.15, 0.2) is 48.5 Å². The molecule has 0 aliphatic carbocycles. The second kappa shape index (κ2) is 8.61. The fraction of sp³-hybridized carbons (Fsp3) is 0.158. The number of amidine groups is 1. The van der Waals surface area contributed by atoms with Crippen LogP contribution >= 0.6 is 0 Å². The van der Waals surface area contributed by atoms with E-state index in [9.17, 15) is 14.4 Å². The lowest BCUT2D eigenvalue weighted by atomic mass is 10.0. The molecule has 2 rings (SSSR count). The zero-order valence-electron chi connectivity index (χ0n) is 14.6. The van der Waals surface area contributed by atoms with Crippen LogP contribution in [0.5, 0.6) is 5.75 Å². The highest BCUT2D eigenvalue weighted by Crippen LogP contribution is 2.13. The maximum Gasteiger partial charge on any atom is 0.341 e. The average molecular weight is 369 g/mol. The Hall–Kier alpha value is -3.68. The number of benzene rings is 2. The van der Waals surface area contributed by atoms with E-state index >= 15 is 0 Å². The number of hydrogen-bond donors (Lipinski definition) is 4. The van der Waals surface area contributed by atoms with Crippen LogP contribution in [0.2, 0.25) is 0 Å². The van der Waals surface area contributed by atoms with Crippen LogP contribution in [-0.4, -0.2) is 41.3 Å². The van der Waals surface area contributed by atoms with E-state index in [1.54, 1.807) is 31.2 Å². The summed E-state index contributed by atoms with van der Waals surface area (Å²) in [6.07, 6.45) is 0. The van der Waals surface area contributed by atoms with Crippen molar-refractivity contribution in [3.63, 3.8) is 0 Å². The average Bonchev–Trinajstić information content (AvgIpc) is 2.66. The summed E-state index contributed by atoms with van der Waals surface area (Å²) < 4.78 is 5.00. The highest BCUT2D eigenvalue weighted by molar-refractivity contribution is 6.04. The van der Waals surface area contributed by atoms with Crippen molar-refractivity contribution in [3.05, 3.63) is 65.2 Å². The van der Waals surface area contributed by atoms with Gasteiger partial charge in [0.25, 0.3) is 5.91 Å². The first-order valence-corrected chi connectivity index (χ1v) is 8.02. The molecule has 1 amide bonds. The summed E-state index contributed by atoms with van der Waals surface area (Å²) in [5.74, 6) is -1.59. The number of nitrogen functional groups attached to an aromatic ring is 1. The van der Waals surface area contributed by atoms with Gasteiger partial charge in [0.2, 0.25) is 0 Å². The number of aliphatic carboxylic acids is 1. The van der Waals surface area contributed by atoms with Gasteiger partial charge in [-0.25, -0.2) is 4.79 Å². The van der Waals surface area contributed by atoms with E-state index in [2.05, 4.69) is 5.32 Å². The SMILES string of the molecule is CC(NC(=O)c1ccc(OCC(=O)O)cc1)C(=O)c1ccc(C(=N)N)cc1. The molecular formula is C19H19N3O5. The normalized spacial score (nSPS) is 11.3. The molecule has 0 saturated heterocycles. The highest BCUT2D eigenvalue weighted by Gasteiger charge is 2.18. The van der Waals surface area contributed by atoms with Gasteiger partial charge in [-0.05, 0) is 31.2 Å². The van der Waals surface area contributed by atoms with Crippen molar-refractivity contribution in [2.24, 2.45) is 5.73 Å². The van der Waals surface area contributed by atoms with Gasteiger partial charge in [-0.2, -0.15) is 0 Å². The maximum atomic E-state index is 12.4. The summed E-state index contributed by atoms with van der Waals surface area (Å²) in [7, 11) is 0. The lowest BCUT2D eigenvalue weighted by Crippen LogP contribution is -2.38. The number of ether oxygens (including phenoxy) is 1. The molecule has 1 unspecified atom stereocenters. The lowest BCUT2D eigenvalue weighted by molar-refractivity contribution is -0.139. The number of amides is 1. The number of Topliss-reactive ketones (excluding diaryl/α,β-unsaturated/α-hetero) is 1. The molecule has 140 valence electrons. The Balaban J connectivity index is 1.98. The van der Waals surface area contributed by atoms with Gasteiger partial charge in [0.1, 0.15) is 11.6 Å². The first-order valence-electron chi connectivity index (χ1n) is 8.02. The van der Waals surface area contributed by atoms with Crippen LogP contribution in [0.4, 0.5) is 0 Å². The zero-order chi connectivity index (χ0) is 20.0. The maximum absolute atomic E-state index is 12.4. The Labute approximate surface area is 155 Å². The summed E-state index contributed by atoms with van der Waals surface area (Å²) >= 11 is 0. The Morgan fingerprint density at radius 1 is 1.04 bits per heavy atom. The first-order chi connectivity index (χ1) is 12.8. The molecule has 8 nitrogen and oxygen atoms in total. The number of ketones is 1. The van der Waals surface area contributed by atoms with E-state index in [-0.39, 0.29) is 11.6 Å². The van der Waals surface area contributed by atoms with Crippen molar-refractivity contribution in [2.75, 3.05) is 6.61 Å². The van der Waals surface area contributed by atoms with E-state index in [1.165, 1.54) is 24.3 Å². The largest absolute Gasteiger partial charge is 0.482 e. The van der Waals surface area contributed by atoms with Crippen LogP contribution in [0.3, 0.4) is 0 Å². The molecule has 27 heavy (non-hydrogen) atoms. The van der Waals surface area contributed by atoms with Gasteiger partial charge >= 0.3 is 5.97 Å². The Morgan fingerprint density at radius 3 is 2.07 bits per heavy atom. The number of nitrogens with two attached hydrogens (primary N) is 1. The van der Waals surface area contributed by atoms with E-state index in [0.717, 1.165) is 0 Å². The molecule has 0 aliphatic heterocycles. The Morgan fingerprint density at radius 2 is 1.56 bits per heavy atom. The number of carbonyl (C=O) groups is 3. The third kappa shape index (κ3) is 5.40. The predicted molar refractivity (Wildman–Crippen MR) is 98.3 cm³/mol. The molecule has 2 aromatic rings. The molecular weight excluding hydrogens is 350 g/mol. The van der Waals surface area contributed by atoms with Gasteiger partial charge in [0, 0.05) is 16.7 Å². The van der Waals surface area contributed by atoms with Gasteiger partial charge in [0.15, 0.2) is 12.4 Å². The zero-order valence-corrected chi connectivity index (χ0v) is 14.6. The highest BCUT2D eigenvalue weighted by atomic mass is 16.5. The third-order valence-electron chi connectivity index (χ3n) is 3.70. The minimum atomic E-state index is -1.10. The molecule has 0 bridgehead atoms. The van der Waals surface area contributed by atoms with Crippen LogP contribution in [0.1, 0.15) is 33.2 Å². The predicted octanol–water partition coefficient (Wildman–Crippen LogP) is 1.44. The van der Waals surface area contributed by atoms with E-state index < -0.39 is 24.5 Å². The second-order valence-corrected chi connectivity index (χ2v) is 5.76. The molecule has 0 aromatic heterocycles. The van der Waals surface area contributed by atoms with Crippen molar-refractivity contribution in [1.82, 2.24) is 5.32 Å².